The van der Waals surface area contributed by atoms with E-state index in [1.54, 1.807) is 0 Å². The number of rotatable bonds is 5. The maximum absolute atomic E-state index is 12.4. The Morgan fingerprint density at radius 2 is 1.70 bits per heavy atom. The minimum atomic E-state index is -0.165. The zero-order chi connectivity index (χ0) is 20.9. The Kier molecular flexibility index (Phi) is 6.65. The zero-order valence-electron chi connectivity index (χ0n) is 16.9. The van der Waals surface area contributed by atoms with E-state index in [0.717, 1.165) is 54.1 Å². The van der Waals surface area contributed by atoms with Crippen molar-refractivity contribution < 1.29 is 9.53 Å². The number of piperazine rings is 1. The molecule has 1 fully saturated rings. The molecule has 0 atom stereocenters. The molecule has 156 valence electrons. The van der Waals surface area contributed by atoms with Crippen LogP contribution in [0.5, 0.6) is 5.75 Å². The van der Waals surface area contributed by atoms with Gasteiger partial charge in [-0.1, -0.05) is 30.7 Å². The molecule has 2 aliphatic heterocycles. The zero-order valence-corrected chi connectivity index (χ0v) is 18.5. The van der Waals surface area contributed by atoms with Crippen LogP contribution < -0.4 is 9.64 Å². The topological polar surface area (TPSA) is 45.1 Å². The van der Waals surface area contributed by atoms with Crippen molar-refractivity contribution in [2.45, 2.75) is 13.3 Å². The molecule has 0 unspecified atom stereocenters. The lowest BCUT2D eigenvalue weighted by atomic mass is 10.2. The first kappa shape index (κ1) is 20.8. The number of ether oxygens (including phenoxy) is 1. The molecule has 4 rings (SSSR count). The van der Waals surface area contributed by atoms with Crippen LogP contribution in [0.2, 0.25) is 5.02 Å². The molecular formula is C23H24ClN3O2S. The Morgan fingerprint density at radius 1 is 1.03 bits per heavy atom. The number of hydrogen-bond acceptors (Lipinski definition) is 5. The molecule has 0 radical (unpaired) electrons. The lowest BCUT2D eigenvalue weighted by Gasteiger charge is -2.36. The van der Waals surface area contributed by atoms with Crippen LogP contribution in [0.15, 0.2) is 58.4 Å². The predicted molar refractivity (Wildman–Crippen MR) is 125 cm³/mol. The Hall–Kier alpha value is -2.44. The molecule has 0 aromatic heterocycles. The van der Waals surface area contributed by atoms with Gasteiger partial charge in [-0.15, -0.1) is 0 Å². The van der Waals surface area contributed by atoms with Crippen LogP contribution in [0.4, 0.5) is 5.69 Å². The van der Waals surface area contributed by atoms with E-state index in [0.29, 0.717) is 11.5 Å². The Labute approximate surface area is 186 Å². The summed E-state index contributed by atoms with van der Waals surface area (Å²) in [5, 5.41) is 1.54. The van der Waals surface area contributed by atoms with Gasteiger partial charge in [-0.05, 0) is 66.2 Å². The third kappa shape index (κ3) is 4.99. The summed E-state index contributed by atoms with van der Waals surface area (Å²) < 4.78 is 5.61. The van der Waals surface area contributed by atoms with Gasteiger partial charge in [0.1, 0.15) is 5.75 Å². The molecule has 7 heteroatoms. The number of halogens is 1. The van der Waals surface area contributed by atoms with Gasteiger partial charge in [0.15, 0.2) is 5.17 Å². The molecule has 0 bridgehead atoms. The summed E-state index contributed by atoms with van der Waals surface area (Å²) in [6, 6.07) is 15.7. The average molecular weight is 442 g/mol. The molecule has 0 spiro atoms. The van der Waals surface area contributed by atoms with E-state index < -0.39 is 0 Å². The second-order valence-electron chi connectivity index (χ2n) is 7.18. The first-order chi connectivity index (χ1) is 14.6. The summed E-state index contributed by atoms with van der Waals surface area (Å²) in [5.41, 5.74) is 2.14. The number of nitrogens with zero attached hydrogens (tertiary/aromatic N) is 3. The van der Waals surface area contributed by atoms with Crippen molar-refractivity contribution in [3.05, 3.63) is 64.0 Å². The molecule has 0 saturated carbocycles. The van der Waals surface area contributed by atoms with Gasteiger partial charge in [0, 0.05) is 36.9 Å². The van der Waals surface area contributed by atoms with Crippen molar-refractivity contribution >= 4 is 46.2 Å². The Balaban J connectivity index is 1.35. The molecule has 30 heavy (non-hydrogen) atoms. The van der Waals surface area contributed by atoms with Gasteiger partial charge in [-0.3, -0.25) is 4.79 Å². The monoisotopic (exact) mass is 441 g/mol. The predicted octanol–water partition coefficient (Wildman–Crippen LogP) is 4.92. The molecule has 0 aliphatic carbocycles. The maximum Gasteiger partial charge on any atom is 0.286 e. The first-order valence-electron chi connectivity index (χ1n) is 10.1. The number of amidine groups is 1. The first-order valence-corrected chi connectivity index (χ1v) is 11.3. The van der Waals surface area contributed by atoms with E-state index in [4.69, 9.17) is 16.3 Å². The quantitative estimate of drug-likeness (QED) is 0.616. The lowest BCUT2D eigenvalue weighted by molar-refractivity contribution is -0.113. The smallest absolute Gasteiger partial charge is 0.286 e. The molecule has 5 nitrogen and oxygen atoms in total. The SMILES string of the molecule is CCCOc1ccc(/C=C2/SC(N3CCN(c4ccc(Cl)cc4)CC3)=NC2=O)cc1. The van der Waals surface area contributed by atoms with Crippen molar-refractivity contribution in [1.29, 1.82) is 0 Å². The van der Waals surface area contributed by atoms with Crippen molar-refractivity contribution in [2.24, 2.45) is 4.99 Å². The number of carbonyl (C=O) groups excluding carboxylic acids is 1. The van der Waals surface area contributed by atoms with Crippen LogP contribution >= 0.6 is 23.4 Å². The molecule has 2 aromatic carbocycles. The van der Waals surface area contributed by atoms with Crippen LogP contribution in [-0.2, 0) is 4.79 Å². The highest BCUT2D eigenvalue weighted by atomic mass is 35.5. The highest BCUT2D eigenvalue weighted by Crippen LogP contribution is 2.31. The number of aliphatic imine (C=N–C) groups is 1. The molecule has 2 aliphatic rings. The van der Waals surface area contributed by atoms with E-state index in [1.807, 2.05) is 54.6 Å². The second-order valence-corrected chi connectivity index (χ2v) is 8.62. The third-order valence-corrected chi connectivity index (χ3v) is 6.30. The van der Waals surface area contributed by atoms with Crippen LogP contribution in [0, 0.1) is 0 Å². The second kappa shape index (κ2) is 9.58. The van der Waals surface area contributed by atoms with Gasteiger partial charge in [0.25, 0.3) is 5.91 Å². The molecule has 0 N–H and O–H groups in total. The largest absolute Gasteiger partial charge is 0.494 e. The number of anilines is 1. The lowest BCUT2D eigenvalue weighted by Crippen LogP contribution is -2.47. The third-order valence-electron chi connectivity index (χ3n) is 5.00. The van der Waals surface area contributed by atoms with Gasteiger partial charge in [-0.2, -0.15) is 4.99 Å². The summed E-state index contributed by atoms with van der Waals surface area (Å²) in [5.74, 6) is 0.682. The summed E-state index contributed by atoms with van der Waals surface area (Å²) in [7, 11) is 0. The van der Waals surface area contributed by atoms with E-state index in [9.17, 15) is 4.79 Å². The van der Waals surface area contributed by atoms with Crippen molar-refractivity contribution in [3.8, 4) is 5.75 Å². The van der Waals surface area contributed by atoms with E-state index in [2.05, 4.69) is 21.7 Å². The number of hydrogen-bond donors (Lipinski definition) is 0. The fourth-order valence-corrected chi connectivity index (χ4v) is 4.46. The number of thioether (sulfide) groups is 1. The Morgan fingerprint density at radius 3 is 2.37 bits per heavy atom. The fourth-order valence-electron chi connectivity index (χ4n) is 3.37. The summed E-state index contributed by atoms with van der Waals surface area (Å²) in [4.78, 5) is 21.9. The van der Waals surface area contributed by atoms with E-state index >= 15 is 0 Å². The van der Waals surface area contributed by atoms with Crippen LogP contribution in [0.3, 0.4) is 0 Å². The van der Waals surface area contributed by atoms with E-state index in [1.165, 1.54) is 17.4 Å². The fraction of sp³-hybridized carbons (Fsp3) is 0.304. The van der Waals surface area contributed by atoms with Gasteiger partial charge in [-0.25, -0.2) is 0 Å². The highest BCUT2D eigenvalue weighted by Gasteiger charge is 2.28. The van der Waals surface area contributed by atoms with Crippen molar-refractivity contribution in [2.75, 3.05) is 37.7 Å². The van der Waals surface area contributed by atoms with Gasteiger partial charge in [0.2, 0.25) is 0 Å². The Bertz CT molecular complexity index is 949. The number of carbonyl (C=O) groups is 1. The molecule has 2 aromatic rings. The minimum absolute atomic E-state index is 0.165. The average Bonchev–Trinajstić information content (AvgIpc) is 3.14. The van der Waals surface area contributed by atoms with Gasteiger partial charge in [0.05, 0.1) is 11.5 Å². The minimum Gasteiger partial charge on any atom is -0.494 e. The van der Waals surface area contributed by atoms with Crippen molar-refractivity contribution in [3.63, 3.8) is 0 Å². The standard InChI is InChI=1S/C23H24ClN3O2S/c1-2-15-29-20-9-3-17(4-10-20)16-21-22(28)25-23(30-21)27-13-11-26(12-14-27)19-7-5-18(24)6-8-19/h3-10,16H,2,11-15H2,1H3/b21-16+. The van der Waals surface area contributed by atoms with E-state index in [-0.39, 0.29) is 5.91 Å². The van der Waals surface area contributed by atoms with Crippen molar-refractivity contribution in [1.82, 2.24) is 4.90 Å². The summed E-state index contributed by atoms with van der Waals surface area (Å²) >= 11 is 7.44. The molecule has 1 amide bonds. The number of benzene rings is 2. The summed E-state index contributed by atoms with van der Waals surface area (Å²) in [6.07, 6.45) is 2.88. The van der Waals surface area contributed by atoms with Gasteiger partial charge >= 0.3 is 0 Å². The highest BCUT2D eigenvalue weighted by molar-refractivity contribution is 8.18. The number of amides is 1. The molecule has 1 saturated heterocycles. The van der Waals surface area contributed by atoms with Crippen LogP contribution in [0.1, 0.15) is 18.9 Å². The normalized spacial score (nSPS) is 18.1. The summed E-state index contributed by atoms with van der Waals surface area (Å²) in [6.45, 7) is 6.21. The molecule has 2 heterocycles. The van der Waals surface area contributed by atoms with Crippen LogP contribution in [0.25, 0.3) is 6.08 Å². The maximum atomic E-state index is 12.4. The van der Waals surface area contributed by atoms with Gasteiger partial charge < -0.3 is 14.5 Å². The van der Waals surface area contributed by atoms with Crippen LogP contribution in [-0.4, -0.2) is 48.8 Å². The molecular weight excluding hydrogens is 418 g/mol.